The highest BCUT2D eigenvalue weighted by Gasteiger charge is 2.15. The maximum absolute atomic E-state index is 12.3. The molecule has 0 atom stereocenters. The molecule has 0 fully saturated rings. The Bertz CT molecular complexity index is 1030. The second-order valence-electron chi connectivity index (χ2n) is 5.96. The van der Waals surface area contributed by atoms with Gasteiger partial charge in [-0.05, 0) is 29.8 Å². The Hall–Kier alpha value is -3.61. The van der Waals surface area contributed by atoms with Crippen molar-refractivity contribution in [3.8, 4) is 5.75 Å². The Morgan fingerprint density at radius 2 is 1.96 bits per heavy atom. The quantitative estimate of drug-likeness (QED) is 0.565. The van der Waals surface area contributed by atoms with Gasteiger partial charge in [-0.15, -0.1) is 0 Å². The summed E-state index contributed by atoms with van der Waals surface area (Å²) >= 11 is 0. The van der Waals surface area contributed by atoms with Gasteiger partial charge in [-0.2, -0.15) is 0 Å². The lowest BCUT2D eigenvalue weighted by molar-refractivity contribution is 0.0942. The molecule has 1 N–H and O–H groups in total. The van der Waals surface area contributed by atoms with E-state index in [2.05, 4.69) is 15.5 Å². The SMILES string of the molecule is COc1ccc(CNC(=O)c2cc(Cc3nc4ccccc4o3)on2)cc1. The van der Waals surface area contributed by atoms with Crippen molar-refractivity contribution in [2.75, 3.05) is 7.11 Å². The number of nitrogens with one attached hydrogen (secondary N) is 1. The molecule has 0 bridgehead atoms. The predicted molar refractivity (Wildman–Crippen MR) is 97.5 cm³/mol. The molecule has 7 heteroatoms. The monoisotopic (exact) mass is 363 g/mol. The fourth-order valence-electron chi connectivity index (χ4n) is 2.66. The van der Waals surface area contributed by atoms with Gasteiger partial charge in [0.25, 0.3) is 5.91 Å². The van der Waals surface area contributed by atoms with Crippen molar-refractivity contribution in [2.45, 2.75) is 13.0 Å². The third-order valence-corrected chi connectivity index (χ3v) is 4.07. The highest BCUT2D eigenvalue weighted by atomic mass is 16.5. The summed E-state index contributed by atoms with van der Waals surface area (Å²) in [7, 11) is 1.61. The van der Waals surface area contributed by atoms with E-state index >= 15 is 0 Å². The number of fused-ring (bicyclic) bond motifs is 1. The Labute approximate surface area is 154 Å². The lowest BCUT2D eigenvalue weighted by atomic mass is 10.2. The molecule has 2 aromatic heterocycles. The molecule has 0 aliphatic rings. The van der Waals surface area contributed by atoms with E-state index < -0.39 is 0 Å². The number of amides is 1. The third kappa shape index (κ3) is 3.82. The van der Waals surface area contributed by atoms with Crippen LogP contribution < -0.4 is 10.1 Å². The van der Waals surface area contributed by atoms with Crippen LogP contribution in [0.5, 0.6) is 5.75 Å². The molecule has 0 saturated heterocycles. The van der Waals surface area contributed by atoms with Crippen LogP contribution in [-0.2, 0) is 13.0 Å². The number of para-hydroxylation sites is 2. The molecule has 0 spiro atoms. The molecule has 0 unspecified atom stereocenters. The average molecular weight is 363 g/mol. The molecule has 0 saturated carbocycles. The standard InChI is InChI=1S/C20H17N3O4/c1-25-14-8-6-13(7-9-14)12-21-20(24)17-10-15(27-23-17)11-19-22-16-4-2-3-5-18(16)26-19/h2-10H,11-12H2,1H3,(H,21,24). The fourth-order valence-corrected chi connectivity index (χ4v) is 2.66. The first-order valence-corrected chi connectivity index (χ1v) is 8.42. The first kappa shape index (κ1) is 16.8. The van der Waals surface area contributed by atoms with E-state index in [1.807, 2.05) is 48.5 Å². The van der Waals surface area contributed by atoms with Gasteiger partial charge in [0.15, 0.2) is 11.3 Å². The molecular weight excluding hydrogens is 346 g/mol. The van der Waals surface area contributed by atoms with Gasteiger partial charge >= 0.3 is 0 Å². The van der Waals surface area contributed by atoms with Crippen LogP contribution >= 0.6 is 0 Å². The van der Waals surface area contributed by atoms with Gasteiger partial charge in [-0.3, -0.25) is 4.79 Å². The maximum Gasteiger partial charge on any atom is 0.273 e. The van der Waals surface area contributed by atoms with E-state index in [9.17, 15) is 4.79 Å². The topological polar surface area (TPSA) is 90.4 Å². The number of oxazole rings is 1. The molecule has 2 heterocycles. The number of benzene rings is 2. The number of methoxy groups -OCH3 is 1. The lowest BCUT2D eigenvalue weighted by Gasteiger charge is -2.04. The third-order valence-electron chi connectivity index (χ3n) is 4.07. The van der Waals surface area contributed by atoms with Crippen molar-refractivity contribution in [3.05, 3.63) is 77.5 Å². The van der Waals surface area contributed by atoms with Crippen molar-refractivity contribution in [1.29, 1.82) is 0 Å². The number of carbonyl (C=O) groups is 1. The van der Waals surface area contributed by atoms with Crippen molar-refractivity contribution >= 4 is 17.0 Å². The number of rotatable bonds is 6. The normalized spacial score (nSPS) is 10.9. The van der Waals surface area contributed by atoms with Crippen molar-refractivity contribution in [2.24, 2.45) is 0 Å². The Morgan fingerprint density at radius 1 is 1.15 bits per heavy atom. The summed E-state index contributed by atoms with van der Waals surface area (Å²) in [6.07, 6.45) is 0.327. The zero-order valence-corrected chi connectivity index (χ0v) is 14.6. The molecular formula is C20H17N3O4. The largest absolute Gasteiger partial charge is 0.497 e. The van der Waals surface area contributed by atoms with Gasteiger partial charge in [0.05, 0.1) is 13.5 Å². The van der Waals surface area contributed by atoms with E-state index in [4.69, 9.17) is 13.7 Å². The van der Waals surface area contributed by atoms with Crippen LogP contribution in [0.2, 0.25) is 0 Å². The van der Waals surface area contributed by atoms with Crippen LogP contribution in [0.15, 0.2) is 63.5 Å². The summed E-state index contributed by atoms with van der Waals surface area (Å²) < 4.78 is 16.0. The van der Waals surface area contributed by atoms with Crippen molar-refractivity contribution < 1.29 is 18.5 Å². The number of nitrogens with zero attached hydrogens (tertiary/aromatic N) is 2. The van der Waals surface area contributed by atoms with Gasteiger partial charge in [0.2, 0.25) is 5.89 Å². The molecule has 0 radical (unpaired) electrons. The van der Waals surface area contributed by atoms with Crippen molar-refractivity contribution in [1.82, 2.24) is 15.5 Å². The van der Waals surface area contributed by atoms with Gasteiger partial charge in [0, 0.05) is 12.6 Å². The summed E-state index contributed by atoms with van der Waals surface area (Å²) in [6.45, 7) is 0.385. The number of hydrogen-bond donors (Lipinski definition) is 1. The van der Waals surface area contributed by atoms with E-state index in [0.717, 1.165) is 16.8 Å². The molecule has 27 heavy (non-hydrogen) atoms. The van der Waals surface area contributed by atoms with Crippen LogP contribution in [0.1, 0.15) is 27.7 Å². The predicted octanol–water partition coefficient (Wildman–Crippen LogP) is 3.35. The number of hydrogen-bond acceptors (Lipinski definition) is 6. The Morgan fingerprint density at radius 3 is 2.74 bits per heavy atom. The van der Waals surface area contributed by atoms with Gasteiger partial charge < -0.3 is 19.0 Å². The number of ether oxygens (including phenoxy) is 1. The zero-order chi connectivity index (χ0) is 18.6. The van der Waals surface area contributed by atoms with Crippen LogP contribution in [0.25, 0.3) is 11.1 Å². The first-order chi connectivity index (χ1) is 13.2. The van der Waals surface area contributed by atoms with Crippen LogP contribution in [0.3, 0.4) is 0 Å². The van der Waals surface area contributed by atoms with E-state index in [1.165, 1.54) is 0 Å². The second-order valence-corrected chi connectivity index (χ2v) is 5.96. The molecule has 1 amide bonds. The molecule has 4 rings (SSSR count). The zero-order valence-electron chi connectivity index (χ0n) is 14.6. The molecule has 4 aromatic rings. The van der Waals surface area contributed by atoms with Crippen molar-refractivity contribution in [3.63, 3.8) is 0 Å². The average Bonchev–Trinajstić information content (AvgIpc) is 3.33. The maximum atomic E-state index is 12.3. The van der Waals surface area contributed by atoms with Crippen LogP contribution in [0.4, 0.5) is 0 Å². The summed E-state index contributed by atoms with van der Waals surface area (Å²) in [6, 6.07) is 16.6. The molecule has 0 aliphatic heterocycles. The van der Waals surface area contributed by atoms with Gasteiger partial charge in [-0.25, -0.2) is 4.98 Å². The Balaban J connectivity index is 1.38. The highest BCUT2D eigenvalue weighted by molar-refractivity contribution is 5.92. The van der Waals surface area contributed by atoms with Gasteiger partial charge in [0.1, 0.15) is 17.0 Å². The summed E-state index contributed by atoms with van der Waals surface area (Å²) in [4.78, 5) is 16.6. The molecule has 7 nitrogen and oxygen atoms in total. The summed E-state index contributed by atoms with van der Waals surface area (Å²) in [5.74, 6) is 1.48. The summed E-state index contributed by atoms with van der Waals surface area (Å²) in [5.41, 5.74) is 2.67. The molecule has 2 aromatic carbocycles. The highest BCUT2D eigenvalue weighted by Crippen LogP contribution is 2.18. The van der Waals surface area contributed by atoms with Gasteiger partial charge in [-0.1, -0.05) is 29.4 Å². The minimum Gasteiger partial charge on any atom is -0.497 e. The second kappa shape index (κ2) is 7.33. The minimum absolute atomic E-state index is 0.217. The molecule has 136 valence electrons. The summed E-state index contributed by atoms with van der Waals surface area (Å²) in [5, 5.41) is 6.64. The Kier molecular flexibility index (Phi) is 4.57. The van der Waals surface area contributed by atoms with E-state index in [0.29, 0.717) is 30.2 Å². The number of aromatic nitrogens is 2. The smallest absolute Gasteiger partial charge is 0.273 e. The first-order valence-electron chi connectivity index (χ1n) is 8.42. The van der Waals surface area contributed by atoms with Crippen LogP contribution in [-0.4, -0.2) is 23.2 Å². The van der Waals surface area contributed by atoms with Crippen LogP contribution in [0, 0.1) is 0 Å². The van der Waals surface area contributed by atoms with E-state index in [-0.39, 0.29) is 11.6 Å². The fraction of sp³-hybridized carbons (Fsp3) is 0.150. The minimum atomic E-state index is -0.307. The lowest BCUT2D eigenvalue weighted by Crippen LogP contribution is -2.23. The van der Waals surface area contributed by atoms with E-state index in [1.54, 1.807) is 13.2 Å². The number of carbonyl (C=O) groups excluding carboxylic acids is 1. The molecule has 0 aliphatic carbocycles.